The summed E-state index contributed by atoms with van der Waals surface area (Å²) in [6, 6.07) is 8.33. The van der Waals surface area contributed by atoms with E-state index in [2.05, 4.69) is 15.9 Å². The van der Waals surface area contributed by atoms with Crippen molar-refractivity contribution >= 4 is 34.2 Å². The summed E-state index contributed by atoms with van der Waals surface area (Å²) in [6.45, 7) is 3.75. The number of nitrogens with zero attached hydrogens (tertiary/aromatic N) is 1. The van der Waals surface area contributed by atoms with Crippen molar-refractivity contribution < 1.29 is 4.79 Å². The lowest BCUT2D eigenvalue weighted by atomic mass is 9.98. The maximum atomic E-state index is 12.6. The maximum absolute atomic E-state index is 12.6. The van der Waals surface area contributed by atoms with Crippen LogP contribution in [-0.4, -0.2) is 29.9 Å². The minimum absolute atomic E-state index is 0. The first-order chi connectivity index (χ1) is 9.56. The number of fused-ring (bicyclic) bond motifs is 1. The van der Waals surface area contributed by atoms with E-state index in [0.29, 0.717) is 17.9 Å². The molecule has 1 amide bonds. The minimum Gasteiger partial charge on any atom is -0.342 e. The lowest BCUT2D eigenvalue weighted by Crippen LogP contribution is -2.35. The number of hydrogen-bond acceptors (Lipinski definition) is 2. The van der Waals surface area contributed by atoms with Crippen molar-refractivity contribution in [3.63, 3.8) is 0 Å². The van der Waals surface area contributed by atoms with Crippen LogP contribution < -0.4 is 5.73 Å². The van der Waals surface area contributed by atoms with E-state index < -0.39 is 0 Å². The standard InChI is InChI=1S/C16H21BrN2O.ClH/c1-10(11-2-5-13(17)6-3-11)16(20)19-8-12-4-7-15(18)14(12)9-19;/h2-3,5-6,10,12,14-15H,4,7-9,18H2,1H3;1H. The van der Waals surface area contributed by atoms with Crippen molar-refractivity contribution in [1.82, 2.24) is 4.90 Å². The Kier molecular flexibility index (Phi) is 5.33. The molecule has 2 aliphatic rings. The Morgan fingerprint density at radius 3 is 2.57 bits per heavy atom. The minimum atomic E-state index is -0.0712. The predicted molar refractivity (Wildman–Crippen MR) is 90.6 cm³/mol. The largest absolute Gasteiger partial charge is 0.342 e. The van der Waals surface area contributed by atoms with Gasteiger partial charge in [0.25, 0.3) is 0 Å². The van der Waals surface area contributed by atoms with E-state index in [1.54, 1.807) is 0 Å². The third-order valence-corrected chi connectivity index (χ3v) is 5.49. The normalized spacial score (nSPS) is 28.9. The summed E-state index contributed by atoms with van der Waals surface area (Å²) in [5, 5.41) is 0. The fourth-order valence-electron chi connectivity index (χ4n) is 3.66. The van der Waals surface area contributed by atoms with Crippen molar-refractivity contribution in [3.8, 4) is 0 Å². The van der Waals surface area contributed by atoms with Gasteiger partial charge in [0.2, 0.25) is 5.91 Å². The Labute approximate surface area is 140 Å². The van der Waals surface area contributed by atoms with E-state index >= 15 is 0 Å². The second-order valence-electron chi connectivity index (χ2n) is 6.18. The van der Waals surface area contributed by atoms with Crippen LogP contribution in [-0.2, 0) is 4.79 Å². The van der Waals surface area contributed by atoms with Crippen LogP contribution >= 0.6 is 28.3 Å². The summed E-state index contributed by atoms with van der Waals surface area (Å²) in [5.74, 6) is 1.33. The molecule has 1 saturated heterocycles. The van der Waals surface area contributed by atoms with Gasteiger partial charge >= 0.3 is 0 Å². The Morgan fingerprint density at radius 2 is 1.95 bits per heavy atom. The molecule has 1 aliphatic carbocycles. The summed E-state index contributed by atoms with van der Waals surface area (Å²) < 4.78 is 1.04. The van der Waals surface area contributed by atoms with Crippen LogP contribution in [0.1, 0.15) is 31.2 Å². The number of benzene rings is 1. The number of carbonyl (C=O) groups excluding carboxylic acids is 1. The van der Waals surface area contributed by atoms with Crippen LogP contribution in [0.2, 0.25) is 0 Å². The number of likely N-dealkylation sites (tertiary alicyclic amines) is 1. The molecule has 5 heteroatoms. The number of hydrogen-bond donors (Lipinski definition) is 1. The van der Waals surface area contributed by atoms with Gasteiger partial charge in [0.05, 0.1) is 5.92 Å². The highest BCUT2D eigenvalue weighted by molar-refractivity contribution is 9.10. The van der Waals surface area contributed by atoms with Gasteiger partial charge < -0.3 is 10.6 Å². The van der Waals surface area contributed by atoms with Crippen LogP contribution in [0.25, 0.3) is 0 Å². The molecule has 0 radical (unpaired) electrons. The van der Waals surface area contributed by atoms with Crippen molar-refractivity contribution in [2.75, 3.05) is 13.1 Å². The lowest BCUT2D eigenvalue weighted by molar-refractivity contribution is -0.131. The van der Waals surface area contributed by atoms with E-state index in [9.17, 15) is 4.79 Å². The molecule has 1 saturated carbocycles. The molecule has 116 valence electrons. The molecule has 2 fully saturated rings. The molecule has 0 spiro atoms. The molecule has 1 heterocycles. The molecule has 3 nitrogen and oxygen atoms in total. The van der Waals surface area contributed by atoms with E-state index in [4.69, 9.17) is 5.73 Å². The summed E-state index contributed by atoms with van der Waals surface area (Å²) in [6.07, 6.45) is 2.31. The zero-order valence-electron chi connectivity index (χ0n) is 12.2. The number of halogens is 2. The van der Waals surface area contributed by atoms with Crippen LogP contribution in [0.15, 0.2) is 28.7 Å². The number of carbonyl (C=O) groups is 1. The molecular weight excluding hydrogens is 352 g/mol. The molecule has 2 N–H and O–H groups in total. The van der Waals surface area contributed by atoms with Gasteiger partial charge in [-0.3, -0.25) is 4.79 Å². The average Bonchev–Trinajstić information content (AvgIpc) is 3.01. The SMILES string of the molecule is CC(C(=O)N1CC2CCC(N)C2C1)c1ccc(Br)cc1.Cl. The molecule has 3 rings (SSSR count). The van der Waals surface area contributed by atoms with Gasteiger partial charge in [-0.15, -0.1) is 12.4 Å². The molecule has 1 aromatic carbocycles. The smallest absolute Gasteiger partial charge is 0.229 e. The fraction of sp³-hybridized carbons (Fsp3) is 0.562. The predicted octanol–water partition coefficient (Wildman–Crippen LogP) is 3.17. The molecule has 0 aromatic heterocycles. The molecule has 0 bridgehead atoms. The second kappa shape index (κ2) is 6.67. The zero-order chi connectivity index (χ0) is 14.3. The highest BCUT2D eigenvalue weighted by atomic mass is 79.9. The Morgan fingerprint density at radius 1 is 1.29 bits per heavy atom. The number of rotatable bonds is 2. The first-order valence-corrected chi connectivity index (χ1v) is 8.15. The van der Waals surface area contributed by atoms with Gasteiger partial charge in [-0.05, 0) is 49.3 Å². The number of nitrogens with two attached hydrogens (primary N) is 1. The average molecular weight is 374 g/mol. The quantitative estimate of drug-likeness (QED) is 0.865. The van der Waals surface area contributed by atoms with Gasteiger partial charge in [-0.1, -0.05) is 28.1 Å². The van der Waals surface area contributed by atoms with Crippen LogP contribution in [0.5, 0.6) is 0 Å². The highest BCUT2D eigenvalue weighted by Gasteiger charge is 2.43. The molecule has 1 aromatic rings. The van der Waals surface area contributed by atoms with Crippen molar-refractivity contribution in [3.05, 3.63) is 34.3 Å². The Bertz CT molecular complexity index is 508. The monoisotopic (exact) mass is 372 g/mol. The molecule has 4 unspecified atom stereocenters. The van der Waals surface area contributed by atoms with Crippen LogP contribution in [0.4, 0.5) is 0 Å². The van der Waals surface area contributed by atoms with Crippen LogP contribution in [0, 0.1) is 11.8 Å². The first kappa shape index (κ1) is 16.8. The molecule has 1 aliphatic heterocycles. The zero-order valence-corrected chi connectivity index (χ0v) is 14.6. The second-order valence-corrected chi connectivity index (χ2v) is 7.10. The van der Waals surface area contributed by atoms with Crippen molar-refractivity contribution in [2.24, 2.45) is 17.6 Å². The summed E-state index contributed by atoms with van der Waals surface area (Å²) >= 11 is 3.43. The topological polar surface area (TPSA) is 46.3 Å². The third-order valence-electron chi connectivity index (χ3n) is 4.96. The number of amides is 1. The van der Waals surface area contributed by atoms with Gasteiger partial charge in [0.1, 0.15) is 0 Å². The lowest BCUT2D eigenvalue weighted by Gasteiger charge is -2.23. The Balaban J connectivity index is 0.00000161. The highest BCUT2D eigenvalue weighted by Crippen LogP contribution is 2.38. The Hall–Kier alpha value is -0.580. The van der Waals surface area contributed by atoms with Gasteiger partial charge in [0, 0.05) is 23.6 Å². The van der Waals surface area contributed by atoms with E-state index in [1.165, 1.54) is 6.42 Å². The van der Waals surface area contributed by atoms with Crippen LogP contribution in [0.3, 0.4) is 0 Å². The summed E-state index contributed by atoms with van der Waals surface area (Å²) in [4.78, 5) is 14.7. The maximum Gasteiger partial charge on any atom is 0.229 e. The summed E-state index contributed by atoms with van der Waals surface area (Å²) in [5.41, 5.74) is 7.23. The fourth-order valence-corrected chi connectivity index (χ4v) is 3.92. The van der Waals surface area contributed by atoms with E-state index in [-0.39, 0.29) is 24.2 Å². The van der Waals surface area contributed by atoms with E-state index in [1.807, 2.05) is 36.1 Å². The summed E-state index contributed by atoms with van der Waals surface area (Å²) in [7, 11) is 0. The van der Waals surface area contributed by atoms with E-state index in [0.717, 1.165) is 29.5 Å². The third kappa shape index (κ3) is 3.27. The van der Waals surface area contributed by atoms with Crippen molar-refractivity contribution in [1.29, 1.82) is 0 Å². The molecule has 21 heavy (non-hydrogen) atoms. The first-order valence-electron chi connectivity index (χ1n) is 7.36. The molecular formula is C16H22BrClN2O. The molecule has 4 atom stereocenters. The van der Waals surface area contributed by atoms with Crippen molar-refractivity contribution in [2.45, 2.75) is 31.7 Å². The van der Waals surface area contributed by atoms with Gasteiger partial charge in [-0.25, -0.2) is 0 Å². The van der Waals surface area contributed by atoms with Gasteiger partial charge in [0.15, 0.2) is 0 Å². The van der Waals surface area contributed by atoms with Gasteiger partial charge in [-0.2, -0.15) is 0 Å².